The molecule has 2 rings (SSSR count). The van der Waals surface area contributed by atoms with Crippen LogP contribution in [0.25, 0.3) is 0 Å². The van der Waals surface area contributed by atoms with Gasteiger partial charge in [-0.2, -0.15) is 0 Å². The van der Waals surface area contributed by atoms with E-state index < -0.39 is 28.2 Å². The van der Waals surface area contributed by atoms with Crippen LogP contribution in [0.15, 0.2) is 59.5 Å². The molecule has 1 N–H and O–H groups in total. The summed E-state index contributed by atoms with van der Waals surface area (Å²) in [6, 6.07) is 14.1. The van der Waals surface area contributed by atoms with Crippen LogP contribution in [0.4, 0.5) is 4.79 Å². The highest BCUT2D eigenvalue weighted by Crippen LogP contribution is 2.19. The van der Waals surface area contributed by atoms with Crippen molar-refractivity contribution in [1.29, 1.82) is 0 Å². The van der Waals surface area contributed by atoms with Crippen molar-refractivity contribution in [2.45, 2.75) is 17.9 Å². The molecule has 0 saturated heterocycles. The predicted molar refractivity (Wildman–Crippen MR) is 89.2 cm³/mol. The van der Waals surface area contributed by atoms with Crippen LogP contribution in [0, 0.1) is 6.92 Å². The summed E-state index contributed by atoms with van der Waals surface area (Å²) in [7, 11) is -2.97. The standard InChI is InChI=1S/C17H17NO6S/c1-12-8-10-14(11-9-12)25(21,22)18-17(20)24-15(16(19)23-2)13-6-4-3-5-7-13/h3-11,15H,1-2H3,(H,18,20). The zero-order chi connectivity index (χ0) is 18.4. The number of sulfonamides is 1. The van der Waals surface area contributed by atoms with Gasteiger partial charge in [0.25, 0.3) is 10.0 Å². The van der Waals surface area contributed by atoms with E-state index in [2.05, 4.69) is 4.74 Å². The maximum Gasteiger partial charge on any atom is 0.422 e. The first-order valence-corrected chi connectivity index (χ1v) is 8.74. The smallest absolute Gasteiger partial charge is 0.422 e. The first-order chi connectivity index (χ1) is 11.8. The van der Waals surface area contributed by atoms with Gasteiger partial charge in [0.2, 0.25) is 6.10 Å². The molecule has 0 heterocycles. The Morgan fingerprint density at radius 3 is 2.16 bits per heavy atom. The van der Waals surface area contributed by atoms with Crippen molar-refractivity contribution in [3.05, 3.63) is 65.7 Å². The van der Waals surface area contributed by atoms with Gasteiger partial charge in [-0.15, -0.1) is 0 Å². The van der Waals surface area contributed by atoms with Gasteiger partial charge in [-0.05, 0) is 19.1 Å². The number of benzene rings is 2. The third kappa shape index (κ3) is 4.80. The normalized spacial score (nSPS) is 12.1. The molecule has 0 aliphatic rings. The van der Waals surface area contributed by atoms with Crippen LogP contribution in [0.5, 0.6) is 0 Å². The van der Waals surface area contributed by atoms with Crippen LogP contribution in [0.2, 0.25) is 0 Å². The highest BCUT2D eigenvalue weighted by atomic mass is 32.2. The second-order valence-electron chi connectivity index (χ2n) is 5.14. The number of methoxy groups -OCH3 is 1. The van der Waals surface area contributed by atoms with Crippen molar-refractivity contribution in [3.63, 3.8) is 0 Å². The fraction of sp³-hybridized carbons (Fsp3) is 0.176. The zero-order valence-corrected chi connectivity index (χ0v) is 14.4. The SMILES string of the molecule is COC(=O)C(OC(=O)NS(=O)(=O)c1ccc(C)cc1)c1ccccc1. The molecule has 7 nitrogen and oxygen atoms in total. The maximum absolute atomic E-state index is 12.2. The Morgan fingerprint density at radius 2 is 1.60 bits per heavy atom. The van der Waals surface area contributed by atoms with Crippen LogP contribution >= 0.6 is 0 Å². The van der Waals surface area contributed by atoms with Crippen molar-refractivity contribution >= 4 is 22.1 Å². The number of ether oxygens (including phenoxy) is 2. The lowest BCUT2D eigenvalue weighted by Gasteiger charge is -2.16. The topological polar surface area (TPSA) is 98.8 Å². The average molecular weight is 363 g/mol. The summed E-state index contributed by atoms with van der Waals surface area (Å²) in [5.74, 6) is -0.825. The summed E-state index contributed by atoms with van der Waals surface area (Å²) in [6.45, 7) is 1.80. The minimum absolute atomic E-state index is 0.0932. The van der Waals surface area contributed by atoms with Gasteiger partial charge in [0, 0.05) is 5.56 Å². The van der Waals surface area contributed by atoms with Gasteiger partial charge in [-0.25, -0.2) is 22.7 Å². The molecule has 8 heteroatoms. The van der Waals surface area contributed by atoms with Crippen molar-refractivity contribution < 1.29 is 27.5 Å². The van der Waals surface area contributed by atoms with E-state index in [9.17, 15) is 18.0 Å². The minimum Gasteiger partial charge on any atom is -0.466 e. The highest BCUT2D eigenvalue weighted by Gasteiger charge is 2.28. The number of amides is 1. The summed E-state index contributed by atoms with van der Waals surface area (Å²) < 4.78 is 35.7. The number of carbonyl (C=O) groups is 2. The third-order valence-corrected chi connectivity index (χ3v) is 4.62. The lowest BCUT2D eigenvalue weighted by molar-refractivity contribution is -0.150. The van der Waals surface area contributed by atoms with E-state index in [-0.39, 0.29) is 4.90 Å². The third-order valence-electron chi connectivity index (χ3n) is 3.29. The van der Waals surface area contributed by atoms with Gasteiger partial charge >= 0.3 is 12.1 Å². The van der Waals surface area contributed by atoms with E-state index in [1.54, 1.807) is 54.1 Å². The van der Waals surface area contributed by atoms with Gasteiger partial charge in [0.1, 0.15) is 0 Å². The maximum atomic E-state index is 12.2. The molecule has 0 fully saturated rings. The molecule has 132 valence electrons. The summed E-state index contributed by atoms with van der Waals surface area (Å²) in [5.41, 5.74) is 1.23. The lowest BCUT2D eigenvalue weighted by Crippen LogP contribution is -2.34. The Hall–Kier alpha value is -2.87. The van der Waals surface area contributed by atoms with Gasteiger partial charge in [0.15, 0.2) is 0 Å². The van der Waals surface area contributed by atoms with Gasteiger partial charge in [-0.3, -0.25) is 0 Å². The minimum atomic E-state index is -4.11. The summed E-state index contributed by atoms with van der Waals surface area (Å²) in [4.78, 5) is 23.7. The molecular weight excluding hydrogens is 346 g/mol. The van der Waals surface area contributed by atoms with Crippen molar-refractivity contribution in [3.8, 4) is 0 Å². The first-order valence-electron chi connectivity index (χ1n) is 7.26. The van der Waals surface area contributed by atoms with E-state index in [0.29, 0.717) is 5.56 Å². The van der Waals surface area contributed by atoms with Crippen molar-refractivity contribution in [2.75, 3.05) is 7.11 Å². The molecule has 0 aliphatic heterocycles. The Labute approximate surface area is 145 Å². The van der Waals surface area contributed by atoms with Crippen LogP contribution < -0.4 is 4.72 Å². The fourth-order valence-corrected chi connectivity index (χ4v) is 2.88. The number of aryl methyl sites for hydroxylation is 1. The van der Waals surface area contributed by atoms with Gasteiger partial charge in [-0.1, -0.05) is 48.0 Å². The zero-order valence-electron chi connectivity index (χ0n) is 13.6. The molecule has 0 spiro atoms. The van der Waals surface area contributed by atoms with Gasteiger partial charge < -0.3 is 9.47 Å². The predicted octanol–water partition coefficient (Wildman–Crippen LogP) is 2.32. The Bertz CT molecular complexity index is 846. The first kappa shape index (κ1) is 18.5. The molecule has 2 aromatic rings. The van der Waals surface area contributed by atoms with Gasteiger partial charge in [0.05, 0.1) is 12.0 Å². The number of esters is 1. The Kier molecular flexibility index (Phi) is 5.76. The van der Waals surface area contributed by atoms with E-state index in [4.69, 9.17) is 4.74 Å². The average Bonchev–Trinajstić information content (AvgIpc) is 2.59. The van der Waals surface area contributed by atoms with E-state index >= 15 is 0 Å². The molecule has 0 bridgehead atoms. The van der Waals surface area contributed by atoms with Crippen LogP contribution in [0.3, 0.4) is 0 Å². The molecule has 0 saturated carbocycles. The van der Waals surface area contributed by atoms with Crippen LogP contribution in [0.1, 0.15) is 17.2 Å². The number of rotatable bonds is 5. The molecule has 25 heavy (non-hydrogen) atoms. The number of hydrogen-bond donors (Lipinski definition) is 1. The molecule has 0 aliphatic carbocycles. The van der Waals surface area contributed by atoms with Crippen molar-refractivity contribution in [1.82, 2.24) is 4.72 Å². The Morgan fingerprint density at radius 1 is 1.00 bits per heavy atom. The van der Waals surface area contributed by atoms with E-state index in [1.165, 1.54) is 12.1 Å². The van der Waals surface area contributed by atoms with Crippen molar-refractivity contribution in [2.24, 2.45) is 0 Å². The molecule has 0 radical (unpaired) electrons. The van der Waals surface area contributed by atoms with Crippen LogP contribution in [-0.4, -0.2) is 27.6 Å². The van der Waals surface area contributed by atoms with E-state index in [1.807, 2.05) is 0 Å². The molecule has 1 amide bonds. The lowest BCUT2D eigenvalue weighted by atomic mass is 10.1. The largest absolute Gasteiger partial charge is 0.466 e. The second kappa shape index (κ2) is 7.80. The molecule has 1 unspecified atom stereocenters. The van der Waals surface area contributed by atoms with E-state index in [0.717, 1.165) is 12.7 Å². The number of carbonyl (C=O) groups excluding carboxylic acids is 2. The Balaban J connectivity index is 2.16. The quantitative estimate of drug-likeness (QED) is 0.819. The fourth-order valence-electron chi connectivity index (χ4n) is 2.00. The van der Waals surface area contributed by atoms with Crippen LogP contribution in [-0.2, 0) is 24.3 Å². The molecule has 0 aromatic heterocycles. The number of hydrogen-bond acceptors (Lipinski definition) is 6. The molecular formula is C17H17NO6S. The summed E-state index contributed by atoms with van der Waals surface area (Å²) in [6.07, 6.45) is -2.65. The second-order valence-corrected chi connectivity index (χ2v) is 6.82. The molecule has 2 aromatic carbocycles. The monoisotopic (exact) mass is 363 g/mol. The number of nitrogens with one attached hydrogen (secondary N) is 1. The highest BCUT2D eigenvalue weighted by molar-refractivity contribution is 7.90. The molecule has 1 atom stereocenters. The summed E-state index contributed by atoms with van der Waals surface area (Å²) in [5, 5.41) is 0. The summed E-state index contributed by atoms with van der Waals surface area (Å²) >= 11 is 0.